The summed E-state index contributed by atoms with van der Waals surface area (Å²) in [6, 6.07) is 17.3. The molecule has 0 amide bonds. The molecule has 1 fully saturated rings. The summed E-state index contributed by atoms with van der Waals surface area (Å²) in [6.45, 7) is 4.21. The zero-order valence-electron chi connectivity index (χ0n) is 16.0. The Bertz CT molecular complexity index is 643. The van der Waals surface area contributed by atoms with Gasteiger partial charge in [-0.2, -0.15) is 0 Å². The third kappa shape index (κ3) is 5.25. The van der Waals surface area contributed by atoms with E-state index in [-0.39, 0.29) is 0 Å². The highest BCUT2D eigenvalue weighted by molar-refractivity contribution is 5.64. The molecule has 1 N–H and O–H groups in total. The molecule has 2 aromatic rings. The van der Waals surface area contributed by atoms with Gasteiger partial charge >= 0.3 is 0 Å². The van der Waals surface area contributed by atoms with Gasteiger partial charge < -0.3 is 14.8 Å². The van der Waals surface area contributed by atoms with E-state index >= 15 is 0 Å². The summed E-state index contributed by atoms with van der Waals surface area (Å²) in [7, 11) is 1.69. The molecule has 0 spiro atoms. The molecule has 0 saturated heterocycles. The van der Waals surface area contributed by atoms with Crippen LogP contribution < -0.4 is 14.8 Å². The van der Waals surface area contributed by atoms with Crippen molar-refractivity contribution in [3.8, 4) is 22.6 Å². The number of nitrogens with one attached hydrogen (secondary N) is 1. The fourth-order valence-corrected chi connectivity index (χ4v) is 3.62. The van der Waals surface area contributed by atoms with Crippen LogP contribution in [0.25, 0.3) is 11.1 Å². The molecule has 0 radical (unpaired) electrons. The third-order valence-corrected chi connectivity index (χ3v) is 5.29. The van der Waals surface area contributed by atoms with E-state index in [4.69, 9.17) is 9.47 Å². The van der Waals surface area contributed by atoms with Crippen LogP contribution in [0.15, 0.2) is 48.5 Å². The highest BCUT2D eigenvalue weighted by atomic mass is 16.5. The minimum atomic E-state index is 0.691. The van der Waals surface area contributed by atoms with E-state index in [0.29, 0.717) is 5.92 Å². The van der Waals surface area contributed by atoms with Crippen LogP contribution in [0.2, 0.25) is 0 Å². The van der Waals surface area contributed by atoms with Crippen molar-refractivity contribution < 1.29 is 9.47 Å². The first-order valence-corrected chi connectivity index (χ1v) is 9.89. The second-order valence-electron chi connectivity index (χ2n) is 7.24. The van der Waals surface area contributed by atoms with Crippen molar-refractivity contribution in [2.45, 2.75) is 45.1 Å². The van der Waals surface area contributed by atoms with Crippen LogP contribution >= 0.6 is 0 Å². The summed E-state index contributed by atoms with van der Waals surface area (Å²) in [6.07, 6.45) is 6.32. The highest BCUT2D eigenvalue weighted by Crippen LogP contribution is 2.27. The van der Waals surface area contributed by atoms with Gasteiger partial charge in [-0.25, -0.2) is 0 Å². The van der Waals surface area contributed by atoms with Gasteiger partial charge in [0.1, 0.15) is 11.5 Å². The maximum absolute atomic E-state index is 6.05. The first kappa shape index (κ1) is 18.8. The number of hydrogen-bond acceptors (Lipinski definition) is 3. The molecule has 0 bridgehead atoms. The summed E-state index contributed by atoms with van der Waals surface area (Å²) >= 11 is 0. The molecule has 1 aliphatic rings. The summed E-state index contributed by atoms with van der Waals surface area (Å²) < 4.78 is 11.3. The molecule has 3 nitrogen and oxygen atoms in total. The average Bonchev–Trinajstić information content (AvgIpc) is 2.72. The second kappa shape index (κ2) is 9.63. The topological polar surface area (TPSA) is 30.5 Å². The van der Waals surface area contributed by atoms with Crippen LogP contribution in [0.1, 0.15) is 39.0 Å². The van der Waals surface area contributed by atoms with Crippen molar-refractivity contribution in [1.29, 1.82) is 0 Å². The fraction of sp³-hybridized carbons (Fsp3) is 0.478. The summed E-state index contributed by atoms with van der Waals surface area (Å²) in [5, 5.41) is 3.65. The van der Waals surface area contributed by atoms with E-state index in [0.717, 1.165) is 30.7 Å². The fourth-order valence-electron chi connectivity index (χ4n) is 3.62. The van der Waals surface area contributed by atoms with Gasteiger partial charge in [0, 0.05) is 6.04 Å². The lowest BCUT2D eigenvalue weighted by molar-refractivity contribution is 0.191. The zero-order valence-corrected chi connectivity index (χ0v) is 16.0. The van der Waals surface area contributed by atoms with Crippen LogP contribution in [0, 0.1) is 5.92 Å². The van der Waals surface area contributed by atoms with Crippen molar-refractivity contribution in [2.75, 3.05) is 20.3 Å². The van der Waals surface area contributed by atoms with E-state index in [1.807, 2.05) is 12.1 Å². The Morgan fingerprint density at radius 2 is 1.42 bits per heavy atom. The molecule has 0 aromatic heterocycles. The van der Waals surface area contributed by atoms with Gasteiger partial charge in [0.25, 0.3) is 0 Å². The first-order chi connectivity index (χ1) is 12.8. The molecular formula is C23H31NO2. The van der Waals surface area contributed by atoms with E-state index in [1.165, 1.54) is 43.2 Å². The minimum Gasteiger partial charge on any atom is -0.497 e. The Kier molecular flexibility index (Phi) is 6.96. The number of hydrogen-bond donors (Lipinski definition) is 1. The lowest BCUT2D eigenvalue weighted by atomic mass is 9.86. The molecule has 0 unspecified atom stereocenters. The lowest BCUT2D eigenvalue weighted by Gasteiger charge is -2.29. The van der Waals surface area contributed by atoms with Gasteiger partial charge in [0.2, 0.25) is 0 Å². The van der Waals surface area contributed by atoms with Gasteiger partial charge in [-0.1, -0.05) is 31.2 Å². The van der Waals surface area contributed by atoms with E-state index in [9.17, 15) is 0 Å². The number of benzene rings is 2. The lowest BCUT2D eigenvalue weighted by Crippen LogP contribution is -2.34. The molecule has 140 valence electrons. The van der Waals surface area contributed by atoms with Gasteiger partial charge in [0.15, 0.2) is 0 Å². The largest absolute Gasteiger partial charge is 0.497 e. The Labute approximate surface area is 157 Å². The van der Waals surface area contributed by atoms with Gasteiger partial charge in [-0.15, -0.1) is 0 Å². The second-order valence-corrected chi connectivity index (χ2v) is 7.24. The molecular weight excluding hydrogens is 322 g/mol. The molecule has 1 aliphatic carbocycles. The van der Waals surface area contributed by atoms with Crippen molar-refractivity contribution in [3.05, 3.63) is 48.5 Å². The summed E-state index contributed by atoms with van der Waals surface area (Å²) in [4.78, 5) is 0. The maximum atomic E-state index is 6.05. The van der Waals surface area contributed by atoms with Gasteiger partial charge in [-0.05, 0) is 80.0 Å². The van der Waals surface area contributed by atoms with Crippen LogP contribution in [0.3, 0.4) is 0 Å². The van der Waals surface area contributed by atoms with Crippen molar-refractivity contribution in [1.82, 2.24) is 5.32 Å². The van der Waals surface area contributed by atoms with E-state index < -0.39 is 0 Å². The normalized spacial score (nSPS) is 19.9. The van der Waals surface area contributed by atoms with Crippen molar-refractivity contribution in [3.63, 3.8) is 0 Å². The SMILES string of the molecule is CCCNC1CCC(COc2ccc(-c3ccc(OC)cc3)cc2)CC1. The maximum Gasteiger partial charge on any atom is 0.119 e. The predicted molar refractivity (Wildman–Crippen MR) is 108 cm³/mol. The van der Waals surface area contributed by atoms with Gasteiger partial charge in [-0.3, -0.25) is 0 Å². The number of ether oxygens (including phenoxy) is 2. The van der Waals surface area contributed by atoms with Crippen LogP contribution in [0.5, 0.6) is 11.5 Å². The summed E-state index contributed by atoms with van der Waals surface area (Å²) in [5.41, 5.74) is 2.39. The number of rotatable bonds is 8. The predicted octanol–water partition coefficient (Wildman–Crippen LogP) is 5.30. The van der Waals surface area contributed by atoms with Crippen LogP contribution in [-0.2, 0) is 0 Å². The quantitative estimate of drug-likeness (QED) is 0.698. The van der Waals surface area contributed by atoms with Crippen molar-refractivity contribution in [2.24, 2.45) is 5.92 Å². The Morgan fingerprint density at radius 3 is 1.96 bits per heavy atom. The van der Waals surface area contributed by atoms with Gasteiger partial charge in [0.05, 0.1) is 13.7 Å². The molecule has 1 saturated carbocycles. The zero-order chi connectivity index (χ0) is 18.2. The molecule has 2 aromatic carbocycles. The van der Waals surface area contributed by atoms with Crippen LogP contribution in [-0.4, -0.2) is 26.3 Å². The smallest absolute Gasteiger partial charge is 0.119 e. The minimum absolute atomic E-state index is 0.691. The van der Waals surface area contributed by atoms with Crippen molar-refractivity contribution >= 4 is 0 Å². The first-order valence-electron chi connectivity index (χ1n) is 9.89. The molecule has 0 aliphatic heterocycles. The monoisotopic (exact) mass is 353 g/mol. The Balaban J connectivity index is 1.46. The standard InChI is InChI=1S/C23H31NO2/c1-3-16-24-21-10-4-18(5-11-21)17-26-23-14-8-20(9-15-23)19-6-12-22(25-2)13-7-19/h6-9,12-15,18,21,24H,3-5,10-11,16-17H2,1-2H3. The Hall–Kier alpha value is -2.00. The molecule has 3 heteroatoms. The number of methoxy groups -OCH3 is 1. The molecule has 26 heavy (non-hydrogen) atoms. The van der Waals surface area contributed by atoms with E-state index in [1.54, 1.807) is 7.11 Å². The van der Waals surface area contributed by atoms with Crippen LogP contribution in [0.4, 0.5) is 0 Å². The molecule has 0 heterocycles. The average molecular weight is 354 g/mol. The highest BCUT2D eigenvalue weighted by Gasteiger charge is 2.21. The molecule has 0 atom stereocenters. The third-order valence-electron chi connectivity index (χ3n) is 5.29. The summed E-state index contributed by atoms with van der Waals surface area (Å²) in [5.74, 6) is 2.54. The molecule has 3 rings (SSSR count). The Morgan fingerprint density at radius 1 is 0.846 bits per heavy atom. The van der Waals surface area contributed by atoms with E-state index in [2.05, 4.69) is 48.6 Å².